The van der Waals surface area contributed by atoms with Crippen LogP contribution >= 0.6 is 49.6 Å². The van der Waals surface area contributed by atoms with Crippen molar-refractivity contribution in [2.45, 2.75) is 0 Å². The van der Waals surface area contributed by atoms with Crippen molar-refractivity contribution in [3.05, 3.63) is 0 Å². The van der Waals surface area contributed by atoms with Gasteiger partial charge in [0.2, 0.25) is 0 Å². The van der Waals surface area contributed by atoms with Gasteiger partial charge in [-0.25, -0.2) is 0 Å². The summed E-state index contributed by atoms with van der Waals surface area (Å²) < 4.78 is 8.25. The van der Waals surface area contributed by atoms with Crippen molar-refractivity contribution in [2.24, 2.45) is 0 Å². The van der Waals surface area contributed by atoms with Gasteiger partial charge in [-0.2, -0.15) is 0 Å². The molecule has 0 aromatic carbocycles. The Morgan fingerprint density at radius 3 is 0.667 bits per heavy atom. The van der Waals surface area contributed by atoms with Crippen molar-refractivity contribution in [3.8, 4) is 0 Å². The van der Waals surface area contributed by atoms with Crippen LogP contribution in [0.4, 0.5) is 0 Å². The van der Waals surface area contributed by atoms with E-state index in [1.54, 1.807) is 0 Å². The molecule has 0 spiro atoms. The first-order chi connectivity index (χ1) is 1.00. The summed E-state index contributed by atoms with van der Waals surface area (Å²) in [5.74, 6) is 0. The minimum atomic E-state index is 0. The summed E-state index contributed by atoms with van der Waals surface area (Å²) in [6.07, 6.45) is 0. The average Bonchev–Trinajstić information content (AvgIpc) is 1.00. The maximum atomic E-state index is 8.25. The van der Waals surface area contributed by atoms with Gasteiger partial charge in [-0.15, -0.1) is 49.6 Å². The van der Waals surface area contributed by atoms with Crippen LogP contribution < -0.4 is 0 Å². The normalized spacial score (nSPS) is 0.667. The molecule has 0 saturated carbocycles. The van der Waals surface area contributed by atoms with Crippen LogP contribution in [0.5, 0.6) is 0 Å². The zero-order valence-electron chi connectivity index (χ0n) is 2.54. The summed E-state index contributed by atoms with van der Waals surface area (Å²) in [6.45, 7) is 0. The summed E-state index contributed by atoms with van der Waals surface area (Å²) in [6, 6.07) is 0. The average molecular weight is 234 g/mol. The molecule has 0 bridgehead atoms. The Balaban J connectivity index is -0.000000000833. The monoisotopic (exact) mass is 234 g/mol. The molecule has 0 fully saturated rings. The second-order valence-corrected chi connectivity index (χ2v) is 0. The first-order valence-electron chi connectivity index (χ1n) is 0.204. The Bertz CT molecular complexity index is 7.51. The maximum absolute atomic E-state index is 8.25. The third-order valence-corrected chi connectivity index (χ3v) is 0. The fourth-order valence-electron chi connectivity index (χ4n) is 0. The second kappa shape index (κ2) is 87.2. The molecule has 0 aromatic heterocycles. The predicted octanol–water partition coefficient (Wildman–Crippen LogP) is 1.19. The summed E-state index contributed by atoms with van der Waals surface area (Å²) in [4.78, 5) is 0. The first-order valence-corrected chi connectivity index (χ1v) is 1.06. The third kappa shape index (κ3) is 49.4. The molecular weight excluding hydrogens is 230 g/mol. The summed E-state index contributed by atoms with van der Waals surface area (Å²) in [7, 11) is 0. The van der Waals surface area contributed by atoms with E-state index in [0.717, 1.165) is 16.5 Å². The summed E-state index contributed by atoms with van der Waals surface area (Å²) in [5, 5.41) is 0. The van der Waals surface area contributed by atoms with Crippen LogP contribution in [-0.2, 0) is 3.78 Å². The SMILES string of the molecule is Cl.Cl.Cl.Cl.[O]=[Ge]. The molecule has 0 unspecified atom stereocenters. The number of hydrogen-bond acceptors (Lipinski definition) is 1. The van der Waals surface area contributed by atoms with Gasteiger partial charge in [-0.1, -0.05) is 0 Å². The van der Waals surface area contributed by atoms with E-state index < -0.39 is 0 Å². The van der Waals surface area contributed by atoms with Gasteiger partial charge in [0, 0.05) is 0 Å². The van der Waals surface area contributed by atoms with Gasteiger partial charge in [0.1, 0.15) is 0 Å². The molecular formula is H4Cl4GeO. The molecule has 0 aliphatic heterocycles. The molecule has 0 saturated heterocycles. The fraction of sp³-hybridized carbons (Fsp3) is 0. The van der Waals surface area contributed by atoms with Crippen LogP contribution in [0.2, 0.25) is 0 Å². The molecule has 0 aliphatic carbocycles. The molecule has 0 amide bonds. The van der Waals surface area contributed by atoms with Crippen LogP contribution in [-0.4, -0.2) is 16.5 Å². The van der Waals surface area contributed by atoms with Crippen LogP contribution in [0.3, 0.4) is 0 Å². The Labute approximate surface area is 69.7 Å². The molecule has 2 radical (unpaired) electrons. The van der Waals surface area contributed by atoms with Gasteiger partial charge in [0.15, 0.2) is 0 Å². The van der Waals surface area contributed by atoms with E-state index in [1.165, 1.54) is 0 Å². The Morgan fingerprint density at radius 1 is 0.667 bits per heavy atom. The zero-order valence-corrected chi connectivity index (χ0v) is 7.91. The van der Waals surface area contributed by atoms with Gasteiger partial charge in [-0.3, -0.25) is 0 Å². The van der Waals surface area contributed by atoms with Crippen LogP contribution in [0.15, 0.2) is 0 Å². The Morgan fingerprint density at radius 2 is 0.667 bits per heavy atom. The summed E-state index contributed by atoms with van der Waals surface area (Å²) >= 11 is 0.750. The van der Waals surface area contributed by atoms with E-state index in [4.69, 9.17) is 3.78 Å². The van der Waals surface area contributed by atoms with Crippen LogP contribution in [0.25, 0.3) is 0 Å². The molecule has 0 heterocycles. The van der Waals surface area contributed by atoms with Gasteiger partial charge in [0.05, 0.1) is 0 Å². The minimum absolute atomic E-state index is 0. The molecule has 0 rings (SSSR count). The zero-order chi connectivity index (χ0) is 2.00. The predicted molar refractivity (Wildman–Crippen MR) is 35.4 cm³/mol. The van der Waals surface area contributed by atoms with Gasteiger partial charge in [-0.05, 0) is 0 Å². The molecule has 0 aromatic rings. The van der Waals surface area contributed by atoms with E-state index in [2.05, 4.69) is 0 Å². The molecule has 0 atom stereocenters. The van der Waals surface area contributed by atoms with Gasteiger partial charge in [0.25, 0.3) is 0 Å². The van der Waals surface area contributed by atoms with Gasteiger partial charge < -0.3 is 0 Å². The molecule has 0 aliphatic rings. The van der Waals surface area contributed by atoms with E-state index >= 15 is 0 Å². The Kier molecular flexibility index (Phi) is 736. The van der Waals surface area contributed by atoms with E-state index in [-0.39, 0.29) is 49.6 Å². The van der Waals surface area contributed by atoms with Crippen molar-refractivity contribution in [1.29, 1.82) is 0 Å². The standard InChI is InChI=1S/4ClH.GeO/c;;;;1-2/h4*1H;. The topological polar surface area (TPSA) is 17.1 Å². The van der Waals surface area contributed by atoms with Gasteiger partial charge >= 0.3 is 20.2 Å². The summed E-state index contributed by atoms with van der Waals surface area (Å²) in [5.41, 5.74) is 0. The molecule has 1 nitrogen and oxygen atoms in total. The Hall–Kier alpha value is 1.50. The van der Waals surface area contributed by atoms with Crippen molar-refractivity contribution >= 4 is 66.1 Å². The molecule has 6 heavy (non-hydrogen) atoms. The number of halogens is 4. The quantitative estimate of drug-likeness (QED) is 0.576. The van der Waals surface area contributed by atoms with Crippen LogP contribution in [0.1, 0.15) is 0 Å². The second-order valence-electron chi connectivity index (χ2n) is 0. The van der Waals surface area contributed by atoms with Crippen molar-refractivity contribution in [2.75, 3.05) is 0 Å². The van der Waals surface area contributed by atoms with Crippen LogP contribution in [0, 0.1) is 0 Å². The van der Waals surface area contributed by atoms with Crippen molar-refractivity contribution < 1.29 is 3.78 Å². The molecule has 0 N–H and O–H groups in total. The number of rotatable bonds is 0. The van der Waals surface area contributed by atoms with E-state index in [0.29, 0.717) is 0 Å². The first kappa shape index (κ1) is 50.6. The fourth-order valence-corrected chi connectivity index (χ4v) is 0. The third-order valence-electron chi connectivity index (χ3n) is 0. The molecule has 6 heteroatoms. The number of hydrogen-bond donors (Lipinski definition) is 0. The van der Waals surface area contributed by atoms with Crippen molar-refractivity contribution in [1.82, 2.24) is 0 Å². The van der Waals surface area contributed by atoms with E-state index in [1.807, 2.05) is 0 Å². The molecule has 42 valence electrons. The van der Waals surface area contributed by atoms with E-state index in [9.17, 15) is 0 Å². The van der Waals surface area contributed by atoms with Crippen molar-refractivity contribution in [3.63, 3.8) is 0 Å².